The first-order valence-corrected chi connectivity index (χ1v) is 7.47. The Bertz CT molecular complexity index is 665. The number of hydrogen-bond donors (Lipinski definition) is 1. The Hall–Kier alpha value is -1.18. The van der Waals surface area contributed by atoms with Crippen LogP contribution in [-0.4, -0.2) is 13.4 Å². The number of nitrogens with zero attached hydrogens (tertiary/aromatic N) is 1. The van der Waals surface area contributed by atoms with E-state index in [9.17, 15) is 12.8 Å². The summed E-state index contributed by atoms with van der Waals surface area (Å²) in [5.41, 5.74) is 0.427. The van der Waals surface area contributed by atoms with Gasteiger partial charge in [-0.15, -0.1) is 0 Å². The van der Waals surface area contributed by atoms with Crippen molar-refractivity contribution in [3.63, 3.8) is 0 Å². The van der Waals surface area contributed by atoms with Crippen LogP contribution in [0.4, 0.5) is 10.1 Å². The van der Waals surface area contributed by atoms with Gasteiger partial charge in [0.25, 0.3) is 10.0 Å². The number of aryl methyl sites for hydroxylation is 1. The summed E-state index contributed by atoms with van der Waals surface area (Å²) < 4.78 is 39.7. The van der Waals surface area contributed by atoms with Crippen LogP contribution in [0.2, 0.25) is 4.47 Å². The van der Waals surface area contributed by atoms with Crippen LogP contribution in [-0.2, 0) is 10.0 Å². The molecule has 1 aromatic heterocycles. The van der Waals surface area contributed by atoms with E-state index in [2.05, 4.69) is 9.71 Å². The topological polar surface area (TPSA) is 59.1 Å². The van der Waals surface area contributed by atoms with Crippen LogP contribution < -0.4 is 4.72 Å². The van der Waals surface area contributed by atoms with E-state index in [1.807, 2.05) is 0 Å². The Morgan fingerprint density at radius 1 is 1.44 bits per heavy atom. The Kier molecular flexibility index (Phi) is 3.56. The number of thiazole rings is 1. The van der Waals surface area contributed by atoms with Crippen molar-refractivity contribution in [2.75, 3.05) is 4.72 Å². The SMILES string of the molecule is Cc1cccc(F)c1NS(=O)(=O)c1cnc(Cl)s1. The normalized spacial score (nSPS) is 11.5. The first kappa shape index (κ1) is 13.3. The maximum atomic E-state index is 13.5. The van der Waals surface area contributed by atoms with Gasteiger partial charge in [0.15, 0.2) is 8.68 Å². The van der Waals surface area contributed by atoms with Crippen LogP contribution in [0.3, 0.4) is 0 Å². The predicted molar refractivity (Wildman–Crippen MR) is 69.1 cm³/mol. The third kappa shape index (κ3) is 2.63. The largest absolute Gasteiger partial charge is 0.276 e. The zero-order valence-electron chi connectivity index (χ0n) is 9.15. The molecule has 0 spiro atoms. The highest BCUT2D eigenvalue weighted by Gasteiger charge is 2.20. The lowest BCUT2D eigenvalue weighted by Crippen LogP contribution is -2.13. The van der Waals surface area contributed by atoms with Gasteiger partial charge in [0.2, 0.25) is 0 Å². The lowest BCUT2D eigenvalue weighted by Gasteiger charge is -2.09. The lowest BCUT2D eigenvalue weighted by molar-refractivity contribution is 0.600. The highest BCUT2D eigenvalue weighted by molar-refractivity contribution is 7.94. The number of aromatic nitrogens is 1. The fourth-order valence-electron chi connectivity index (χ4n) is 1.31. The molecular weight excluding hydrogens is 299 g/mol. The molecule has 2 aromatic rings. The van der Waals surface area contributed by atoms with E-state index in [0.29, 0.717) is 5.56 Å². The number of nitrogens with one attached hydrogen (secondary N) is 1. The summed E-state index contributed by atoms with van der Waals surface area (Å²) >= 11 is 6.38. The van der Waals surface area contributed by atoms with Crippen molar-refractivity contribution < 1.29 is 12.8 Å². The smallest absolute Gasteiger partial charge is 0.273 e. The van der Waals surface area contributed by atoms with Crippen LogP contribution in [0.25, 0.3) is 0 Å². The molecule has 0 aliphatic carbocycles. The number of halogens is 2. The first-order valence-electron chi connectivity index (χ1n) is 4.79. The molecule has 4 nitrogen and oxygen atoms in total. The molecule has 0 unspecified atom stereocenters. The number of hydrogen-bond acceptors (Lipinski definition) is 4. The van der Waals surface area contributed by atoms with E-state index in [1.54, 1.807) is 13.0 Å². The number of benzene rings is 1. The Morgan fingerprint density at radius 3 is 2.72 bits per heavy atom. The monoisotopic (exact) mass is 306 g/mol. The Labute approximate surface area is 112 Å². The molecule has 0 aliphatic rings. The molecule has 18 heavy (non-hydrogen) atoms. The average Bonchev–Trinajstić information content (AvgIpc) is 2.71. The van der Waals surface area contributed by atoms with Crippen LogP contribution in [0.1, 0.15) is 5.56 Å². The predicted octanol–water partition coefficient (Wildman–Crippen LogP) is 3.04. The van der Waals surface area contributed by atoms with E-state index < -0.39 is 15.8 Å². The van der Waals surface area contributed by atoms with Crippen LogP contribution >= 0.6 is 22.9 Å². The van der Waals surface area contributed by atoms with Gasteiger partial charge in [-0.05, 0) is 18.6 Å². The third-order valence-corrected chi connectivity index (χ3v) is 5.11. The van der Waals surface area contributed by atoms with Gasteiger partial charge in [-0.2, -0.15) is 0 Å². The second-order valence-corrected chi connectivity index (χ2v) is 6.99. The first-order chi connectivity index (χ1) is 8.40. The highest BCUT2D eigenvalue weighted by Crippen LogP contribution is 2.27. The van der Waals surface area contributed by atoms with Gasteiger partial charge in [-0.25, -0.2) is 17.8 Å². The fourth-order valence-corrected chi connectivity index (χ4v) is 3.74. The third-order valence-electron chi connectivity index (χ3n) is 2.18. The molecule has 0 aliphatic heterocycles. The molecule has 0 saturated carbocycles. The second-order valence-electron chi connectivity index (χ2n) is 3.47. The zero-order valence-corrected chi connectivity index (χ0v) is 11.5. The molecular formula is C10H8ClFN2O2S2. The van der Waals surface area contributed by atoms with Crippen LogP contribution in [0, 0.1) is 12.7 Å². The van der Waals surface area contributed by atoms with Crippen molar-refractivity contribution in [2.24, 2.45) is 0 Å². The Morgan fingerprint density at radius 2 is 2.17 bits per heavy atom. The zero-order chi connectivity index (χ0) is 13.3. The quantitative estimate of drug-likeness (QED) is 0.948. The molecule has 0 amide bonds. The van der Waals surface area contributed by atoms with E-state index in [0.717, 1.165) is 17.5 Å². The number of rotatable bonds is 3. The number of sulfonamides is 1. The standard InChI is InChI=1S/C10H8ClFN2O2S2/c1-6-3-2-4-7(12)9(6)14-18(15,16)8-5-13-10(11)17-8/h2-5,14H,1H3. The van der Waals surface area contributed by atoms with Crippen molar-refractivity contribution >= 4 is 38.6 Å². The summed E-state index contributed by atoms with van der Waals surface area (Å²) in [5, 5.41) is 0. The van der Waals surface area contributed by atoms with Crippen molar-refractivity contribution in [2.45, 2.75) is 11.1 Å². The molecule has 0 bridgehead atoms. The average molecular weight is 307 g/mol. The molecule has 1 heterocycles. The molecule has 0 atom stereocenters. The van der Waals surface area contributed by atoms with Crippen molar-refractivity contribution in [1.82, 2.24) is 4.98 Å². The summed E-state index contributed by atoms with van der Waals surface area (Å²) in [4.78, 5) is 3.64. The van der Waals surface area contributed by atoms with Gasteiger partial charge in [-0.3, -0.25) is 4.72 Å². The van der Waals surface area contributed by atoms with Gasteiger partial charge >= 0.3 is 0 Å². The molecule has 96 valence electrons. The summed E-state index contributed by atoms with van der Waals surface area (Å²) in [7, 11) is -3.86. The molecule has 8 heteroatoms. The Balaban J connectivity index is 2.40. The molecule has 1 N–H and O–H groups in total. The van der Waals surface area contributed by atoms with Crippen LogP contribution in [0.15, 0.2) is 28.6 Å². The van der Waals surface area contributed by atoms with E-state index >= 15 is 0 Å². The summed E-state index contributed by atoms with van der Waals surface area (Å²) in [6.45, 7) is 1.61. The molecule has 0 fully saturated rings. The maximum absolute atomic E-state index is 13.5. The molecule has 2 rings (SSSR count). The maximum Gasteiger partial charge on any atom is 0.273 e. The number of anilines is 1. The van der Waals surface area contributed by atoms with E-state index in [1.165, 1.54) is 12.1 Å². The van der Waals surface area contributed by atoms with Crippen molar-refractivity contribution in [1.29, 1.82) is 0 Å². The number of para-hydroxylation sites is 1. The van der Waals surface area contributed by atoms with Crippen molar-refractivity contribution in [3.8, 4) is 0 Å². The van der Waals surface area contributed by atoms with E-state index in [-0.39, 0.29) is 14.4 Å². The van der Waals surface area contributed by atoms with E-state index in [4.69, 9.17) is 11.6 Å². The molecule has 0 radical (unpaired) electrons. The van der Waals surface area contributed by atoms with Gasteiger partial charge < -0.3 is 0 Å². The highest BCUT2D eigenvalue weighted by atomic mass is 35.5. The minimum Gasteiger partial charge on any atom is -0.276 e. The van der Waals surface area contributed by atoms with Gasteiger partial charge in [0.1, 0.15) is 5.82 Å². The molecule has 0 saturated heterocycles. The van der Waals surface area contributed by atoms with Gasteiger partial charge in [0.05, 0.1) is 11.9 Å². The van der Waals surface area contributed by atoms with Gasteiger partial charge in [-0.1, -0.05) is 35.1 Å². The minimum absolute atomic E-state index is 0.0600. The second kappa shape index (κ2) is 4.83. The lowest BCUT2D eigenvalue weighted by atomic mass is 10.2. The summed E-state index contributed by atoms with van der Waals surface area (Å²) in [6.07, 6.45) is 1.13. The fraction of sp³-hybridized carbons (Fsp3) is 0.100. The minimum atomic E-state index is -3.86. The summed E-state index contributed by atoms with van der Waals surface area (Å²) in [5.74, 6) is -0.630. The molecule has 1 aromatic carbocycles. The van der Waals surface area contributed by atoms with Gasteiger partial charge in [0, 0.05) is 0 Å². The summed E-state index contributed by atoms with van der Waals surface area (Å²) in [6, 6.07) is 4.30. The van der Waals surface area contributed by atoms with Crippen molar-refractivity contribution in [3.05, 3.63) is 40.2 Å². The van der Waals surface area contributed by atoms with Crippen LogP contribution in [0.5, 0.6) is 0 Å².